The molecule has 0 aromatic heterocycles. The van der Waals surface area contributed by atoms with E-state index in [9.17, 15) is 0 Å². The Kier molecular flexibility index (Phi) is 5.20. The van der Waals surface area contributed by atoms with E-state index in [1.165, 1.54) is 28.7 Å². The van der Waals surface area contributed by atoms with E-state index >= 15 is 0 Å². The third-order valence-electron chi connectivity index (χ3n) is 3.85. The Morgan fingerprint density at radius 3 is 2.12 bits per heavy atom. The summed E-state index contributed by atoms with van der Waals surface area (Å²) in [6, 6.07) is 5.17. The molecular formula is C16H27N. The van der Waals surface area contributed by atoms with Crippen LogP contribution in [0, 0.1) is 26.7 Å². The van der Waals surface area contributed by atoms with Gasteiger partial charge in [0.15, 0.2) is 0 Å². The maximum atomic E-state index is 3.64. The summed E-state index contributed by atoms with van der Waals surface area (Å²) in [6.45, 7) is 14.4. The summed E-state index contributed by atoms with van der Waals surface area (Å²) in [4.78, 5) is 0. The van der Waals surface area contributed by atoms with Crippen molar-refractivity contribution in [1.82, 2.24) is 5.32 Å². The topological polar surface area (TPSA) is 12.0 Å². The zero-order valence-electron chi connectivity index (χ0n) is 12.2. The Labute approximate surface area is 107 Å². The van der Waals surface area contributed by atoms with Crippen molar-refractivity contribution in [2.24, 2.45) is 5.92 Å². The lowest BCUT2D eigenvalue weighted by atomic mass is 9.87. The van der Waals surface area contributed by atoms with Gasteiger partial charge in [0.2, 0.25) is 0 Å². The van der Waals surface area contributed by atoms with Crippen molar-refractivity contribution in [2.75, 3.05) is 6.54 Å². The third kappa shape index (κ3) is 3.32. The minimum absolute atomic E-state index is 0.490. The lowest BCUT2D eigenvalue weighted by Crippen LogP contribution is -2.27. The van der Waals surface area contributed by atoms with E-state index in [0.717, 1.165) is 6.54 Å². The first kappa shape index (κ1) is 14.2. The molecule has 0 aliphatic carbocycles. The molecule has 17 heavy (non-hydrogen) atoms. The van der Waals surface area contributed by atoms with Crippen molar-refractivity contribution in [1.29, 1.82) is 0 Å². The molecule has 0 spiro atoms. The average Bonchev–Trinajstić information content (AvgIpc) is 2.30. The predicted octanol–water partition coefficient (Wildman–Crippen LogP) is 4.31. The van der Waals surface area contributed by atoms with Gasteiger partial charge >= 0.3 is 0 Å². The second kappa shape index (κ2) is 6.20. The molecule has 0 saturated carbocycles. The van der Waals surface area contributed by atoms with Gasteiger partial charge in [-0.2, -0.15) is 0 Å². The van der Waals surface area contributed by atoms with Crippen LogP contribution >= 0.6 is 0 Å². The van der Waals surface area contributed by atoms with Gasteiger partial charge in [0, 0.05) is 6.04 Å². The van der Waals surface area contributed by atoms with Crippen LogP contribution in [-0.4, -0.2) is 6.54 Å². The normalized spacial score (nSPS) is 14.7. The van der Waals surface area contributed by atoms with Crippen LogP contribution < -0.4 is 5.32 Å². The molecule has 0 radical (unpaired) electrons. The fourth-order valence-electron chi connectivity index (χ4n) is 2.39. The van der Waals surface area contributed by atoms with Gasteiger partial charge in [0.1, 0.15) is 0 Å². The van der Waals surface area contributed by atoms with Crippen molar-refractivity contribution >= 4 is 0 Å². The average molecular weight is 233 g/mol. The highest BCUT2D eigenvalue weighted by Gasteiger charge is 2.19. The highest BCUT2D eigenvalue weighted by Crippen LogP contribution is 2.28. The minimum atomic E-state index is 0.490. The molecule has 1 N–H and O–H groups in total. The van der Waals surface area contributed by atoms with Crippen LogP contribution in [0.25, 0.3) is 0 Å². The molecule has 0 aliphatic heterocycles. The number of benzene rings is 1. The van der Waals surface area contributed by atoms with Gasteiger partial charge < -0.3 is 5.32 Å². The van der Waals surface area contributed by atoms with Crippen molar-refractivity contribution in [3.63, 3.8) is 0 Å². The van der Waals surface area contributed by atoms with Gasteiger partial charge in [0.25, 0.3) is 0 Å². The largest absolute Gasteiger partial charge is 0.310 e. The van der Waals surface area contributed by atoms with Crippen molar-refractivity contribution in [3.8, 4) is 0 Å². The Bertz CT molecular complexity index is 368. The van der Waals surface area contributed by atoms with E-state index in [1.54, 1.807) is 0 Å². The minimum Gasteiger partial charge on any atom is -0.310 e. The quantitative estimate of drug-likeness (QED) is 0.799. The van der Waals surface area contributed by atoms with Crippen LogP contribution in [0.4, 0.5) is 0 Å². The molecule has 1 aromatic rings. The zero-order chi connectivity index (χ0) is 13.0. The Hall–Kier alpha value is -0.820. The molecule has 1 heteroatoms. The molecule has 1 aromatic carbocycles. The van der Waals surface area contributed by atoms with E-state index in [2.05, 4.69) is 59.0 Å². The molecule has 0 saturated heterocycles. The van der Waals surface area contributed by atoms with Crippen LogP contribution in [0.15, 0.2) is 12.1 Å². The number of hydrogen-bond donors (Lipinski definition) is 1. The molecule has 0 heterocycles. The molecule has 1 rings (SSSR count). The van der Waals surface area contributed by atoms with Crippen LogP contribution in [-0.2, 0) is 0 Å². The second-order valence-corrected chi connectivity index (χ2v) is 5.21. The number of rotatable bonds is 5. The Morgan fingerprint density at radius 1 is 1.00 bits per heavy atom. The number of nitrogens with one attached hydrogen (secondary N) is 1. The van der Waals surface area contributed by atoms with Gasteiger partial charge in [-0.25, -0.2) is 0 Å². The van der Waals surface area contributed by atoms with Crippen molar-refractivity contribution in [2.45, 2.75) is 54.0 Å². The van der Waals surface area contributed by atoms with Crippen molar-refractivity contribution in [3.05, 3.63) is 34.4 Å². The maximum Gasteiger partial charge on any atom is 0.0348 e. The summed E-state index contributed by atoms with van der Waals surface area (Å²) in [5.74, 6) is 0.677. The van der Waals surface area contributed by atoms with Gasteiger partial charge in [-0.3, -0.25) is 0 Å². The standard InChI is InChI=1S/C16H27N/c1-7-11(3)16(17-8-2)15-10-13(5)12(4)9-14(15)6/h9-11,16-17H,7-8H2,1-6H3. The van der Waals surface area contributed by atoms with E-state index in [4.69, 9.17) is 0 Å². The van der Waals surface area contributed by atoms with Crippen LogP contribution in [0.5, 0.6) is 0 Å². The van der Waals surface area contributed by atoms with Gasteiger partial charge in [-0.05, 0) is 55.5 Å². The molecule has 0 aliphatic rings. The monoisotopic (exact) mass is 233 g/mol. The van der Waals surface area contributed by atoms with Gasteiger partial charge in [-0.15, -0.1) is 0 Å². The summed E-state index contributed by atoms with van der Waals surface area (Å²) in [5.41, 5.74) is 5.69. The van der Waals surface area contributed by atoms with Crippen LogP contribution in [0.1, 0.15) is 55.5 Å². The number of hydrogen-bond acceptors (Lipinski definition) is 1. The maximum absolute atomic E-state index is 3.64. The van der Waals surface area contributed by atoms with E-state index in [-0.39, 0.29) is 0 Å². The van der Waals surface area contributed by atoms with Gasteiger partial charge in [0.05, 0.1) is 0 Å². The Morgan fingerprint density at radius 2 is 1.59 bits per heavy atom. The fraction of sp³-hybridized carbons (Fsp3) is 0.625. The van der Waals surface area contributed by atoms with E-state index in [0.29, 0.717) is 12.0 Å². The highest BCUT2D eigenvalue weighted by molar-refractivity contribution is 5.38. The third-order valence-corrected chi connectivity index (χ3v) is 3.85. The van der Waals surface area contributed by atoms with Gasteiger partial charge in [-0.1, -0.05) is 39.3 Å². The van der Waals surface area contributed by atoms with E-state index < -0.39 is 0 Å². The Balaban J connectivity index is 3.13. The molecule has 96 valence electrons. The predicted molar refractivity (Wildman–Crippen MR) is 76.5 cm³/mol. The van der Waals surface area contributed by atoms with Crippen molar-refractivity contribution < 1.29 is 0 Å². The summed E-state index contributed by atoms with van der Waals surface area (Å²) in [6.07, 6.45) is 1.21. The molecule has 2 unspecified atom stereocenters. The molecular weight excluding hydrogens is 206 g/mol. The summed E-state index contributed by atoms with van der Waals surface area (Å²) < 4.78 is 0. The first-order valence-corrected chi connectivity index (χ1v) is 6.82. The summed E-state index contributed by atoms with van der Waals surface area (Å²) in [7, 11) is 0. The fourth-order valence-corrected chi connectivity index (χ4v) is 2.39. The molecule has 0 bridgehead atoms. The second-order valence-electron chi connectivity index (χ2n) is 5.21. The first-order valence-electron chi connectivity index (χ1n) is 6.82. The zero-order valence-corrected chi connectivity index (χ0v) is 12.2. The number of aryl methyl sites for hydroxylation is 3. The highest BCUT2D eigenvalue weighted by atomic mass is 14.9. The lowest BCUT2D eigenvalue weighted by Gasteiger charge is -2.26. The molecule has 2 atom stereocenters. The summed E-state index contributed by atoms with van der Waals surface area (Å²) in [5, 5.41) is 3.64. The molecule has 1 nitrogen and oxygen atoms in total. The summed E-state index contributed by atoms with van der Waals surface area (Å²) >= 11 is 0. The van der Waals surface area contributed by atoms with Crippen LogP contribution in [0.3, 0.4) is 0 Å². The lowest BCUT2D eigenvalue weighted by molar-refractivity contribution is 0.382. The molecule has 0 amide bonds. The molecule has 0 fully saturated rings. The first-order chi connectivity index (χ1) is 8.01. The smallest absolute Gasteiger partial charge is 0.0348 e. The van der Waals surface area contributed by atoms with Crippen LogP contribution in [0.2, 0.25) is 0 Å². The van der Waals surface area contributed by atoms with E-state index in [1.807, 2.05) is 0 Å². The SMILES string of the molecule is CCNC(c1cc(C)c(C)cc1C)C(C)CC.